The van der Waals surface area contributed by atoms with Crippen LogP contribution in [-0.2, 0) is 0 Å². The van der Waals surface area contributed by atoms with Crippen LogP contribution in [0.3, 0.4) is 0 Å². The third-order valence-corrected chi connectivity index (χ3v) is 2.94. The van der Waals surface area contributed by atoms with E-state index in [9.17, 15) is 0 Å². The van der Waals surface area contributed by atoms with Gasteiger partial charge in [0.1, 0.15) is 0 Å². The van der Waals surface area contributed by atoms with E-state index in [1.54, 1.807) is 0 Å². The molecule has 1 heterocycles. The topological polar surface area (TPSA) is 3.24 Å². The van der Waals surface area contributed by atoms with Crippen LogP contribution in [0.5, 0.6) is 0 Å². The zero-order valence-corrected chi connectivity index (χ0v) is 10.6. The molecule has 1 atom stereocenters. The largest absolute Gasteiger partial charge is 0.375 e. The minimum Gasteiger partial charge on any atom is -0.375 e. The molecule has 1 rings (SSSR count). The highest BCUT2D eigenvalue weighted by molar-refractivity contribution is 4.92. The SMILES string of the molecule is C=C(C)N1CCCC(C(C)C)C1.CC. The molecule has 0 aromatic heterocycles. The summed E-state index contributed by atoms with van der Waals surface area (Å²) in [6.45, 7) is 17.2. The first-order valence-corrected chi connectivity index (χ1v) is 6.01. The summed E-state index contributed by atoms with van der Waals surface area (Å²) >= 11 is 0. The molecule has 1 unspecified atom stereocenters. The molecule has 0 aliphatic carbocycles. The fourth-order valence-electron chi connectivity index (χ4n) is 1.90. The summed E-state index contributed by atoms with van der Waals surface area (Å²) in [5.74, 6) is 1.71. The average Bonchev–Trinajstić information content (AvgIpc) is 2.21. The smallest absolute Gasteiger partial charge is 0.0205 e. The maximum atomic E-state index is 4.00. The molecule has 1 aliphatic rings. The lowest BCUT2D eigenvalue weighted by Crippen LogP contribution is -2.35. The van der Waals surface area contributed by atoms with E-state index >= 15 is 0 Å². The Labute approximate surface area is 90.2 Å². The molecule has 1 fully saturated rings. The van der Waals surface area contributed by atoms with Crippen LogP contribution in [0.25, 0.3) is 0 Å². The van der Waals surface area contributed by atoms with Gasteiger partial charge in [0.15, 0.2) is 0 Å². The zero-order valence-electron chi connectivity index (χ0n) is 10.6. The van der Waals surface area contributed by atoms with Crippen LogP contribution < -0.4 is 0 Å². The lowest BCUT2D eigenvalue weighted by atomic mass is 9.88. The van der Waals surface area contributed by atoms with Gasteiger partial charge in [-0.1, -0.05) is 34.3 Å². The Morgan fingerprint density at radius 1 is 1.36 bits per heavy atom. The summed E-state index contributed by atoms with van der Waals surface area (Å²) in [5.41, 5.74) is 1.24. The van der Waals surface area contributed by atoms with Gasteiger partial charge in [0.25, 0.3) is 0 Å². The molecule has 84 valence electrons. The summed E-state index contributed by atoms with van der Waals surface area (Å²) in [6.07, 6.45) is 2.75. The predicted molar refractivity (Wildman–Crippen MR) is 65.3 cm³/mol. The highest BCUT2D eigenvalue weighted by Crippen LogP contribution is 2.24. The molecule has 1 aliphatic heterocycles. The molecule has 0 amide bonds. The van der Waals surface area contributed by atoms with Gasteiger partial charge in [-0.05, 0) is 31.6 Å². The summed E-state index contributed by atoms with van der Waals surface area (Å²) in [5, 5.41) is 0. The van der Waals surface area contributed by atoms with Crippen molar-refractivity contribution in [2.24, 2.45) is 11.8 Å². The van der Waals surface area contributed by atoms with E-state index in [1.165, 1.54) is 31.6 Å². The normalized spacial score (nSPS) is 21.6. The molecule has 0 bridgehead atoms. The Kier molecular flexibility index (Phi) is 6.69. The van der Waals surface area contributed by atoms with Gasteiger partial charge in [0.05, 0.1) is 0 Å². The first kappa shape index (κ1) is 13.5. The van der Waals surface area contributed by atoms with Gasteiger partial charge in [0, 0.05) is 18.8 Å². The van der Waals surface area contributed by atoms with E-state index in [-0.39, 0.29) is 0 Å². The Morgan fingerprint density at radius 2 is 1.93 bits per heavy atom. The molecule has 0 saturated carbocycles. The minimum absolute atomic E-state index is 0.826. The number of hydrogen-bond acceptors (Lipinski definition) is 1. The zero-order chi connectivity index (χ0) is 11.1. The summed E-state index contributed by atoms with van der Waals surface area (Å²) in [6, 6.07) is 0. The summed E-state index contributed by atoms with van der Waals surface area (Å²) < 4.78 is 0. The number of hydrogen-bond donors (Lipinski definition) is 0. The third kappa shape index (κ3) is 4.17. The van der Waals surface area contributed by atoms with Crippen molar-refractivity contribution in [1.82, 2.24) is 4.90 Å². The van der Waals surface area contributed by atoms with Crippen LogP contribution in [0.15, 0.2) is 12.3 Å². The van der Waals surface area contributed by atoms with E-state index in [0.29, 0.717) is 0 Å². The first-order valence-electron chi connectivity index (χ1n) is 6.01. The number of rotatable bonds is 2. The van der Waals surface area contributed by atoms with Crippen LogP contribution in [0.4, 0.5) is 0 Å². The Hall–Kier alpha value is -0.460. The fraction of sp³-hybridized carbons (Fsp3) is 0.846. The molecule has 0 radical (unpaired) electrons. The van der Waals surface area contributed by atoms with Crippen molar-refractivity contribution in [3.05, 3.63) is 12.3 Å². The van der Waals surface area contributed by atoms with Crippen LogP contribution in [0, 0.1) is 11.8 Å². The predicted octanol–water partition coefficient (Wildman–Crippen LogP) is 3.91. The van der Waals surface area contributed by atoms with E-state index in [1.807, 2.05) is 13.8 Å². The van der Waals surface area contributed by atoms with Crippen LogP contribution >= 0.6 is 0 Å². The van der Waals surface area contributed by atoms with E-state index in [4.69, 9.17) is 0 Å². The van der Waals surface area contributed by atoms with Crippen molar-refractivity contribution >= 4 is 0 Å². The maximum Gasteiger partial charge on any atom is 0.0205 e. The van der Waals surface area contributed by atoms with E-state index in [2.05, 4.69) is 32.3 Å². The second-order valence-electron chi connectivity index (χ2n) is 4.33. The van der Waals surface area contributed by atoms with Gasteiger partial charge in [-0.2, -0.15) is 0 Å². The van der Waals surface area contributed by atoms with Crippen molar-refractivity contribution in [2.45, 2.75) is 47.5 Å². The van der Waals surface area contributed by atoms with E-state index < -0.39 is 0 Å². The molecular formula is C13H27N. The van der Waals surface area contributed by atoms with E-state index in [0.717, 1.165) is 11.8 Å². The van der Waals surface area contributed by atoms with Crippen molar-refractivity contribution in [3.63, 3.8) is 0 Å². The lowest BCUT2D eigenvalue weighted by Gasteiger charge is -2.36. The Morgan fingerprint density at radius 3 is 2.36 bits per heavy atom. The van der Waals surface area contributed by atoms with Gasteiger partial charge in [-0.25, -0.2) is 0 Å². The lowest BCUT2D eigenvalue weighted by molar-refractivity contribution is 0.180. The van der Waals surface area contributed by atoms with Crippen molar-refractivity contribution in [2.75, 3.05) is 13.1 Å². The van der Waals surface area contributed by atoms with Crippen molar-refractivity contribution in [3.8, 4) is 0 Å². The summed E-state index contributed by atoms with van der Waals surface area (Å²) in [7, 11) is 0. The molecular weight excluding hydrogens is 170 g/mol. The number of nitrogens with zero attached hydrogens (tertiary/aromatic N) is 1. The highest BCUT2D eigenvalue weighted by Gasteiger charge is 2.21. The van der Waals surface area contributed by atoms with Crippen LogP contribution in [0.1, 0.15) is 47.5 Å². The Balaban J connectivity index is 0.000000791. The monoisotopic (exact) mass is 197 g/mol. The maximum absolute atomic E-state index is 4.00. The standard InChI is InChI=1S/C11H21N.C2H6/c1-9(2)11-6-5-7-12(8-11)10(3)4;1-2/h9,11H,3,5-8H2,1-2,4H3;1-2H3. The quantitative estimate of drug-likeness (QED) is 0.648. The second kappa shape index (κ2) is 6.92. The second-order valence-corrected chi connectivity index (χ2v) is 4.33. The number of allylic oxidation sites excluding steroid dienone is 1. The molecule has 0 spiro atoms. The average molecular weight is 197 g/mol. The van der Waals surface area contributed by atoms with Gasteiger partial charge < -0.3 is 4.90 Å². The molecule has 0 N–H and O–H groups in total. The Bertz CT molecular complexity index is 161. The van der Waals surface area contributed by atoms with Crippen molar-refractivity contribution in [1.29, 1.82) is 0 Å². The van der Waals surface area contributed by atoms with Crippen molar-refractivity contribution < 1.29 is 0 Å². The van der Waals surface area contributed by atoms with Gasteiger partial charge in [-0.15, -0.1) is 0 Å². The van der Waals surface area contributed by atoms with Gasteiger partial charge in [-0.3, -0.25) is 0 Å². The van der Waals surface area contributed by atoms with Gasteiger partial charge >= 0.3 is 0 Å². The molecule has 14 heavy (non-hydrogen) atoms. The molecule has 1 saturated heterocycles. The highest BCUT2D eigenvalue weighted by atomic mass is 15.1. The van der Waals surface area contributed by atoms with Crippen LogP contribution in [-0.4, -0.2) is 18.0 Å². The fourth-order valence-corrected chi connectivity index (χ4v) is 1.90. The minimum atomic E-state index is 0.826. The molecule has 1 heteroatoms. The third-order valence-electron chi connectivity index (χ3n) is 2.94. The number of piperidine rings is 1. The number of likely N-dealkylation sites (tertiary alicyclic amines) is 1. The molecule has 1 nitrogen and oxygen atoms in total. The van der Waals surface area contributed by atoms with Crippen LogP contribution in [0.2, 0.25) is 0 Å². The first-order chi connectivity index (χ1) is 6.61. The summed E-state index contributed by atoms with van der Waals surface area (Å²) in [4.78, 5) is 2.42. The molecule has 0 aromatic rings. The molecule has 0 aromatic carbocycles. The van der Waals surface area contributed by atoms with Gasteiger partial charge in [0.2, 0.25) is 0 Å².